The molecule has 5 atom stereocenters. The maximum Gasteiger partial charge on any atom is 0.410 e. The van der Waals surface area contributed by atoms with Crippen LogP contribution in [0.4, 0.5) is 4.79 Å². The summed E-state index contributed by atoms with van der Waals surface area (Å²) in [4.78, 5) is 47.8. The SMILES string of the molecule is C=CCOC(=O)C1=C(Sc2nc(C3=CCN(C(=O)OCC=C)[C@H]3C)cs2)[C@H](C)[C@@H]2[C@@H]([C@@H](C)O[Si](C)(C)C)C(=O)N12. The van der Waals surface area contributed by atoms with Gasteiger partial charge >= 0.3 is 12.1 Å². The fraction of sp³-hybridized carbons (Fsp3) is 0.500. The summed E-state index contributed by atoms with van der Waals surface area (Å²) in [5, 5.41) is 1.95. The van der Waals surface area contributed by atoms with Gasteiger partial charge < -0.3 is 18.8 Å². The first-order valence-corrected chi connectivity index (χ1v) is 18.4. The molecule has 3 aliphatic rings. The second-order valence-electron chi connectivity index (χ2n) is 11.0. The van der Waals surface area contributed by atoms with Crippen molar-refractivity contribution in [3.05, 3.63) is 53.1 Å². The van der Waals surface area contributed by atoms with E-state index in [1.54, 1.807) is 9.80 Å². The van der Waals surface area contributed by atoms with Crippen LogP contribution in [0.15, 0.2) is 51.7 Å². The minimum Gasteiger partial charge on any atom is -0.457 e. The molecule has 0 spiro atoms. The van der Waals surface area contributed by atoms with E-state index >= 15 is 0 Å². The minimum atomic E-state index is -1.87. The van der Waals surface area contributed by atoms with E-state index in [0.717, 1.165) is 20.5 Å². The Labute approximate surface area is 245 Å². The Hall–Kier alpha value is -2.67. The predicted molar refractivity (Wildman–Crippen MR) is 159 cm³/mol. The number of esters is 1. The summed E-state index contributed by atoms with van der Waals surface area (Å²) in [6.07, 6.45) is 4.38. The van der Waals surface area contributed by atoms with Crippen molar-refractivity contribution in [2.45, 2.75) is 62.9 Å². The number of fused-ring (bicyclic) bond motifs is 1. The molecule has 4 heterocycles. The number of β-lactam (4-membered cyclic amide) rings is 1. The van der Waals surface area contributed by atoms with Crippen LogP contribution in [0.2, 0.25) is 19.6 Å². The maximum atomic E-state index is 13.4. The second kappa shape index (κ2) is 12.1. The van der Waals surface area contributed by atoms with Gasteiger partial charge in [0.1, 0.15) is 18.9 Å². The molecule has 4 rings (SSSR count). The van der Waals surface area contributed by atoms with E-state index in [1.165, 1.54) is 35.3 Å². The Kier molecular flexibility index (Phi) is 9.13. The number of thioether (sulfide) groups is 1. The molecule has 216 valence electrons. The number of ether oxygens (including phenoxy) is 2. The van der Waals surface area contributed by atoms with Crippen LogP contribution in [0.25, 0.3) is 5.57 Å². The van der Waals surface area contributed by atoms with Crippen LogP contribution in [-0.4, -0.2) is 79.0 Å². The molecule has 12 heteroatoms. The molecule has 9 nitrogen and oxygen atoms in total. The molecular formula is C28H37N3O6S2Si. The largest absolute Gasteiger partial charge is 0.457 e. The number of rotatable bonds is 11. The number of carbonyl (C=O) groups is 3. The fourth-order valence-electron chi connectivity index (χ4n) is 5.46. The van der Waals surface area contributed by atoms with Crippen LogP contribution in [0, 0.1) is 11.8 Å². The molecule has 1 aromatic rings. The Morgan fingerprint density at radius 3 is 2.55 bits per heavy atom. The predicted octanol–water partition coefficient (Wildman–Crippen LogP) is 5.30. The van der Waals surface area contributed by atoms with E-state index < -0.39 is 20.4 Å². The first-order valence-electron chi connectivity index (χ1n) is 13.3. The zero-order chi connectivity index (χ0) is 29.4. The first kappa shape index (κ1) is 30.3. The van der Waals surface area contributed by atoms with Crippen molar-refractivity contribution in [1.82, 2.24) is 14.8 Å². The average Bonchev–Trinajstić information content (AvgIpc) is 3.56. The molecule has 2 amide bonds. The third-order valence-electron chi connectivity index (χ3n) is 7.12. The summed E-state index contributed by atoms with van der Waals surface area (Å²) in [5.41, 5.74) is 2.00. The lowest BCUT2D eigenvalue weighted by molar-refractivity contribution is -0.163. The Morgan fingerprint density at radius 1 is 1.23 bits per heavy atom. The summed E-state index contributed by atoms with van der Waals surface area (Å²) in [7, 11) is -1.87. The van der Waals surface area contributed by atoms with Gasteiger partial charge in [0.15, 0.2) is 12.7 Å². The molecule has 0 radical (unpaired) electrons. The maximum absolute atomic E-state index is 13.4. The lowest BCUT2D eigenvalue weighted by Crippen LogP contribution is -2.64. The van der Waals surface area contributed by atoms with Gasteiger partial charge in [0, 0.05) is 22.7 Å². The minimum absolute atomic E-state index is 0.0547. The number of hydrogen-bond donors (Lipinski definition) is 0. The van der Waals surface area contributed by atoms with Crippen molar-refractivity contribution >= 4 is 55.0 Å². The Bertz CT molecular complexity index is 1270. The van der Waals surface area contributed by atoms with Crippen molar-refractivity contribution in [2.75, 3.05) is 19.8 Å². The molecule has 0 aromatic carbocycles. The summed E-state index contributed by atoms with van der Waals surface area (Å²) < 4.78 is 17.6. The van der Waals surface area contributed by atoms with Crippen LogP contribution in [0.5, 0.6) is 0 Å². The summed E-state index contributed by atoms with van der Waals surface area (Å²) in [6.45, 7) is 20.1. The van der Waals surface area contributed by atoms with Gasteiger partial charge in [0.25, 0.3) is 0 Å². The zero-order valence-corrected chi connectivity index (χ0v) is 26.5. The van der Waals surface area contributed by atoms with Gasteiger partial charge in [-0.25, -0.2) is 14.6 Å². The van der Waals surface area contributed by atoms with Gasteiger partial charge in [-0.15, -0.1) is 11.3 Å². The van der Waals surface area contributed by atoms with Crippen LogP contribution < -0.4 is 0 Å². The summed E-state index contributed by atoms with van der Waals surface area (Å²) >= 11 is 2.85. The van der Waals surface area contributed by atoms with Gasteiger partial charge in [-0.1, -0.05) is 50.1 Å². The third-order valence-corrected chi connectivity index (χ3v) is 10.4. The van der Waals surface area contributed by atoms with Crippen LogP contribution >= 0.6 is 23.1 Å². The first-order chi connectivity index (χ1) is 18.9. The van der Waals surface area contributed by atoms with E-state index in [9.17, 15) is 14.4 Å². The second-order valence-corrected chi connectivity index (χ2v) is 17.6. The van der Waals surface area contributed by atoms with E-state index in [0.29, 0.717) is 6.54 Å². The van der Waals surface area contributed by atoms with E-state index in [4.69, 9.17) is 18.9 Å². The number of hydrogen-bond acceptors (Lipinski definition) is 9. The zero-order valence-electron chi connectivity index (χ0n) is 23.8. The van der Waals surface area contributed by atoms with Crippen molar-refractivity contribution in [3.8, 4) is 0 Å². The molecule has 0 bridgehead atoms. The lowest BCUT2D eigenvalue weighted by atomic mass is 9.79. The molecule has 40 heavy (non-hydrogen) atoms. The number of nitrogens with zero attached hydrogens (tertiary/aromatic N) is 3. The highest BCUT2D eigenvalue weighted by atomic mass is 32.2. The number of amides is 2. The molecular weight excluding hydrogens is 567 g/mol. The van der Waals surface area contributed by atoms with Crippen molar-refractivity contribution < 1.29 is 28.3 Å². The highest BCUT2D eigenvalue weighted by Gasteiger charge is 2.61. The molecule has 1 fully saturated rings. The average molecular weight is 604 g/mol. The van der Waals surface area contributed by atoms with Gasteiger partial charge in [-0.05, 0) is 39.1 Å². The standard InChI is InChI=1S/C28H37N3O6S2Si/c1-9-13-35-26(33)23-24(16(3)22-21(25(32)31(22)23)18(5)37-40(6,7)8)39-27-29-20(15-38-27)19-11-12-30(17(19)4)28(34)36-14-10-2/h9-11,15-18,21-22H,1-2,12-14H2,3-8H3/t16-,17+,18-,21-,22-/m1/s1. The quantitative estimate of drug-likeness (QED) is 0.145. The lowest BCUT2D eigenvalue weighted by Gasteiger charge is -2.48. The van der Waals surface area contributed by atoms with Crippen molar-refractivity contribution in [1.29, 1.82) is 0 Å². The monoisotopic (exact) mass is 603 g/mol. The fourth-order valence-corrected chi connectivity index (χ4v) is 8.81. The molecule has 1 saturated heterocycles. The van der Waals surface area contributed by atoms with Gasteiger partial charge in [-0.3, -0.25) is 9.69 Å². The summed E-state index contributed by atoms with van der Waals surface area (Å²) in [6, 6.07) is -0.376. The van der Waals surface area contributed by atoms with Crippen LogP contribution in [0.3, 0.4) is 0 Å². The van der Waals surface area contributed by atoms with Gasteiger partial charge in [0.05, 0.1) is 29.8 Å². The van der Waals surface area contributed by atoms with E-state index in [-0.39, 0.29) is 54.8 Å². The molecule has 1 aromatic heterocycles. The number of thiazole rings is 1. The van der Waals surface area contributed by atoms with Crippen molar-refractivity contribution in [3.63, 3.8) is 0 Å². The molecule has 0 aliphatic carbocycles. The molecule has 0 unspecified atom stereocenters. The Balaban J connectivity index is 1.56. The van der Waals surface area contributed by atoms with Gasteiger partial charge in [-0.2, -0.15) is 0 Å². The van der Waals surface area contributed by atoms with E-state index in [2.05, 4.69) is 32.8 Å². The van der Waals surface area contributed by atoms with E-state index in [1.807, 2.05) is 32.2 Å². The summed E-state index contributed by atoms with van der Waals surface area (Å²) in [5.74, 6) is -1.08. The van der Waals surface area contributed by atoms with Gasteiger partial charge in [0.2, 0.25) is 5.91 Å². The van der Waals surface area contributed by atoms with Crippen LogP contribution in [-0.2, 0) is 23.5 Å². The Morgan fingerprint density at radius 2 is 1.90 bits per heavy atom. The molecule has 0 N–H and O–H groups in total. The number of carbonyl (C=O) groups excluding carboxylic acids is 3. The molecule has 3 aliphatic heterocycles. The van der Waals surface area contributed by atoms with Crippen molar-refractivity contribution in [2.24, 2.45) is 11.8 Å². The topological polar surface area (TPSA) is 98.3 Å². The number of aromatic nitrogens is 1. The van der Waals surface area contributed by atoms with Crippen LogP contribution in [0.1, 0.15) is 26.5 Å². The highest BCUT2D eigenvalue weighted by molar-refractivity contribution is 8.04. The smallest absolute Gasteiger partial charge is 0.410 e. The normalized spacial score (nSPS) is 24.9. The highest BCUT2D eigenvalue weighted by Crippen LogP contribution is 2.53. The molecule has 0 saturated carbocycles. The third kappa shape index (κ3) is 5.85.